The van der Waals surface area contributed by atoms with Crippen molar-refractivity contribution in [2.75, 3.05) is 32.3 Å². The molecular weight excluding hydrogens is 448 g/mol. The van der Waals surface area contributed by atoms with E-state index in [0.29, 0.717) is 35.7 Å². The maximum atomic E-state index is 13.8. The van der Waals surface area contributed by atoms with E-state index in [2.05, 4.69) is 20.6 Å². The summed E-state index contributed by atoms with van der Waals surface area (Å²) in [4.78, 5) is 32.9. The van der Waals surface area contributed by atoms with Gasteiger partial charge in [-0.2, -0.15) is 0 Å². The average Bonchev–Trinajstić information content (AvgIpc) is 3.30. The number of rotatable bonds is 10. The molecule has 0 bridgehead atoms. The largest absolute Gasteiger partial charge is 0.497 e. The van der Waals surface area contributed by atoms with Gasteiger partial charge in [0.2, 0.25) is 11.8 Å². The maximum Gasteiger partial charge on any atom is 0.249 e. The van der Waals surface area contributed by atoms with Crippen LogP contribution >= 0.6 is 0 Å². The summed E-state index contributed by atoms with van der Waals surface area (Å²) in [5, 5.41) is 11.1. The highest BCUT2D eigenvalue weighted by Crippen LogP contribution is 2.29. The summed E-state index contributed by atoms with van der Waals surface area (Å²) < 4.78 is 11.9. The van der Waals surface area contributed by atoms with E-state index < -0.39 is 6.04 Å². The second kappa shape index (κ2) is 11.2. The maximum absolute atomic E-state index is 13.8. The Morgan fingerprint density at radius 2 is 1.86 bits per heavy atom. The summed E-state index contributed by atoms with van der Waals surface area (Å²) >= 11 is 0. The van der Waals surface area contributed by atoms with Gasteiger partial charge in [-0.15, -0.1) is 5.10 Å². The molecule has 1 N–H and O–H groups in total. The number of hydrogen-bond donors (Lipinski definition) is 1. The highest BCUT2D eigenvalue weighted by molar-refractivity contribution is 6.01. The molecule has 180 valence electrons. The quantitative estimate of drug-likeness (QED) is 0.351. The van der Waals surface area contributed by atoms with Crippen molar-refractivity contribution in [2.45, 2.75) is 12.6 Å². The van der Waals surface area contributed by atoms with E-state index in [9.17, 15) is 9.59 Å². The zero-order chi connectivity index (χ0) is 24.6. The molecule has 0 saturated carbocycles. The van der Waals surface area contributed by atoms with Gasteiger partial charge in [-0.3, -0.25) is 19.5 Å². The van der Waals surface area contributed by atoms with Crippen molar-refractivity contribution >= 4 is 28.5 Å². The molecule has 0 fully saturated rings. The number of ether oxygens (including phenoxy) is 2. The number of para-hydroxylation sites is 1. The summed E-state index contributed by atoms with van der Waals surface area (Å²) in [6, 6.07) is 16.9. The predicted octanol–water partition coefficient (Wildman–Crippen LogP) is 2.37. The minimum atomic E-state index is -0.968. The number of anilines is 1. The monoisotopic (exact) mass is 474 g/mol. The average molecular weight is 475 g/mol. The van der Waals surface area contributed by atoms with Crippen LogP contribution in [-0.2, 0) is 20.9 Å². The number of fused-ring (bicyclic) bond motifs is 1. The van der Waals surface area contributed by atoms with Crippen LogP contribution in [-0.4, -0.2) is 59.2 Å². The number of benzene rings is 2. The predicted molar refractivity (Wildman–Crippen MR) is 130 cm³/mol. The lowest BCUT2D eigenvalue weighted by molar-refractivity contribution is -0.127. The lowest BCUT2D eigenvalue weighted by Crippen LogP contribution is -2.46. The highest BCUT2D eigenvalue weighted by atomic mass is 16.5. The number of methoxy groups -OCH3 is 2. The Morgan fingerprint density at radius 1 is 1.06 bits per heavy atom. The standard InChI is InChI=1S/C25H26N6O4/c1-34-15-14-27-25(33)24(18-9-11-20(35-2)12-10-18)31(19-6-5-13-26-16-19)23(32)17-30-22-8-4-3-7-21(22)28-29-30/h3-13,16,24H,14-15,17H2,1-2H3,(H,27,33)/t24-/m1/s1. The van der Waals surface area contributed by atoms with Crippen LogP contribution in [0.2, 0.25) is 0 Å². The van der Waals surface area contributed by atoms with Crippen LogP contribution in [0, 0.1) is 0 Å². The minimum Gasteiger partial charge on any atom is -0.497 e. The van der Waals surface area contributed by atoms with Gasteiger partial charge in [0.05, 0.1) is 31.1 Å². The van der Waals surface area contributed by atoms with E-state index >= 15 is 0 Å². The van der Waals surface area contributed by atoms with E-state index in [-0.39, 0.29) is 18.4 Å². The van der Waals surface area contributed by atoms with Gasteiger partial charge in [-0.25, -0.2) is 4.68 Å². The van der Waals surface area contributed by atoms with Crippen LogP contribution < -0.4 is 15.0 Å². The highest BCUT2D eigenvalue weighted by Gasteiger charge is 2.33. The number of aromatic nitrogens is 4. The number of carbonyl (C=O) groups is 2. The number of nitrogens with one attached hydrogen (secondary N) is 1. The third-order valence-electron chi connectivity index (χ3n) is 5.44. The number of amides is 2. The Bertz CT molecular complexity index is 1280. The molecule has 2 heterocycles. The zero-order valence-corrected chi connectivity index (χ0v) is 19.5. The first-order valence-electron chi connectivity index (χ1n) is 11.0. The van der Waals surface area contributed by atoms with Crippen LogP contribution in [0.15, 0.2) is 73.1 Å². The van der Waals surface area contributed by atoms with Crippen LogP contribution in [0.5, 0.6) is 5.75 Å². The lowest BCUT2D eigenvalue weighted by atomic mass is 10.0. The Balaban J connectivity index is 1.75. The second-order valence-electron chi connectivity index (χ2n) is 7.67. The molecule has 1 atom stereocenters. The molecule has 4 aromatic rings. The fraction of sp³-hybridized carbons (Fsp3) is 0.240. The SMILES string of the molecule is COCCNC(=O)[C@@H](c1ccc(OC)cc1)N(C(=O)Cn1nnc2ccccc21)c1cccnc1. The van der Waals surface area contributed by atoms with E-state index in [0.717, 1.165) is 5.52 Å². The summed E-state index contributed by atoms with van der Waals surface area (Å²) in [6.45, 7) is 0.519. The molecule has 2 aromatic heterocycles. The molecule has 2 amide bonds. The van der Waals surface area contributed by atoms with E-state index in [4.69, 9.17) is 9.47 Å². The molecule has 0 aliphatic carbocycles. The van der Waals surface area contributed by atoms with Gasteiger partial charge >= 0.3 is 0 Å². The van der Waals surface area contributed by atoms with Gasteiger partial charge in [0, 0.05) is 19.9 Å². The lowest BCUT2D eigenvalue weighted by Gasteiger charge is -2.31. The molecule has 10 heteroatoms. The Hall–Kier alpha value is -4.31. The Morgan fingerprint density at radius 3 is 2.57 bits per heavy atom. The molecule has 0 aliphatic rings. The fourth-order valence-corrected chi connectivity index (χ4v) is 3.75. The van der Waals surface area contributed by atoms with Crippen molar-refractivity contribution in [3.63, 3.8) is 0 Å². The molecular formula is C25H26N6O4. The molecule has 0 aliphatic heterocycles. The van der Waals surface area contributed by atoms with Crippen molar-refractivity contribution in [1.29, 1.82) is 0 Å². The molecule has 0 radical (unpaired) electrons. The topological polar surface area (TPSA) is 111 Å². The first-order valence-corrected chi connectivity index (χ1v) is 11.0. The van der Waals surface area contributed by atoms with Crippen LogP contribution in [0.4, 0.5) is 5.69 Å². The zero-order valence-electron chi connectivity index (χ0n) is 19.5. The molecule has 35 heavy (non-hydrogen) atoms. The van der Waals surface area contributed by atoms with Gasteiger partial charge in [0.25, 0.3) is 0 Å². The van der Waals surface area contributed by atoms with Gasteiger partial charge < -0.3 is 14.8 Å². The number of carbonyl (C=O) groups excluding carboxylic acids is 2. The Labute approximate surface area is 202 Å². The molecule has 0 spiro atoms. The summed E-state index contributed by atoms with van der Waals surface area (Å²) in [5.41, 5.74) is 2.49. The second-order valence-corrected chi connectivity index (χ2v) is 7.67. The fourth-order valence-electron chi connectivity index (χ4n) is 3.75. The van der Waals surface area contributed by atoms with Crippen molar-refractivity contribution in [1.82, 2.24) is 25.3 Å². The number of pyridine rings is 1. The van der Waals surface area contributed by atoms with Gasteiger partial charge in [-0.1, -0.05) is 29.5 Å². The first kappa shape index (κ1) is 23.8. The van der Waals surface area contributed by atoms with Crippen molar-refractivity contribution in [2.24, 2.45) is 0 Å². The van der Waals surface area contributed by atoms with Crippen molar-refractivity contribution < 1.29 is 19.1 Å². The summed E-state index contributed by atoms with van der Waals surface area (Å²) in [5.74, 6) is -0.0649. The van der Waals surface area contributed by atoms with E-state index in [1.165, 1.54) is 9.58 Å². The van der Waals surface area contributed by atoms with Gasteiger partial charge in [0.15, 0.2) is 0 Å². The van der Waals surface area contributed by atoms with Crippen LogP contribution in [0.1, 0.15) is 11.6 Å². The number of hydrogen-bond acceptors (Lipinski definition) is 7. The molecule has 2 aromatic carbocycles. The minimum absolute atomic E-state index is 0.118. The van der Waals surface area contributed by atoms with Gasteiger partial charge in [-0.05, 0) is 42.0 Å². The van der Waals surface area contributed by atoms with Crippen molar-refractivity contribution in [3.8, 4) is 5.75 Å². The molecule has 4 rings (SSSR count). The van der Waals surface area contributed by atoms with E-state index in [1.807, 2.05) is 24.3 Å². The normalized spacial score (nSPS) is 11.7. The third-order valence-corrected chi connectivity index (χ3v) is 5.44. The Kier molecular flexibility index (Phi) is 7.63. The molecule has 0 unspecified atom stereocenters. The van der Waals surface area contributed by atoms with Crippen molar-refractivity contribution in [3.05, 3.63) is 78.6 Å². The number of nitrogens with zero attached hydrogens (tertiary/aromatic N) is 5. The molecule has 10 nitrogen and oxygen atoms in total. The summed E-state index contributed by atoms with van der Waals surface area (Å²) in [7, 11) is 3.12. The third kappa shape index (κ3) is 5.44. The van der Waals surface area contributed by atoms with E-state index in [1.54, 1.807) is 63.0 Å². The first-order chi connectivity index (χ1) is 17.1. The van der Waals surface area contributed by atoms with Gasteiger partial charge in [0.1, 0.15) is 23.9 Å². The van der Waals surface area contributed by atoms with Crippen LogP contribution in [0.3, 0.4) is 0 Å². The summed E-state index contributed by atoms with van der Waals surface area (Å²) in [6.07, 6.45) is 3.16. The smallest absolute Gasteiger partial charge is 0.249 e. The van der Waals surface area contributed by atoms with Crippen LogP contribution in [0.25, 0.3) is 11.0 Å². The molecule has 0 saturated heterocycles.